The second-order valence-corrected chi connectivity index (χ2v) is 6.18. The first-order valence-corrected chi connectivity index (χ1v) is 8.32. The number of para-hydroxylation sites is 1. The Morgan fingerprint density at radius 2 is 1.96 bits per heavy atom. The van der Waals surface area contributed by atoms with Gasteiger partial charge in [0.05, 0.1) is 10.9 Å². The summed E-state index contributed by atoms with van der Waals surface area (Å²) in [5.41, 5.74) is 2.78. The minimum absolute atomic E-state index is 0.0811. The molecule has 130 valence electrons. The van der Waals surface area contributed by atoms with Crippen LogP contribution in [0.3, 0.4) is 0 Å². The predicted octanol–water partition coefficient (Wildman–Crippen LogP) is 3.45. The number of nitrogens with one attached hydrogen (secondary N) is 1. The Kier molecular flexibility index (Phi) is 4.01. The van der Waals surface area contributed by atoms with Crippen LogP contribution in [-0.2, 0) is 11.8 Å². The van der Waals surface area contributed by atoms with Crippen LogP contribution < -0.4 is 10.1 Å². The zero-order valence-electron chi connectivity index (χ0n) is 14.6. The van der Waals surface area contributed by atoms with Crippen LogP contribution in [-0.4, -0.2) is 27.3 Å². The summed E-state index contributed by atoms with van der Waals surface area (Å²) in [6.45, 7) is 1.95. The number of ether oxygens (including phenoxy) is 1. The number of hydrogen-bond donors (Lipinski definition) is 1. The summed E-state index contributed by atoms with van der Waals surface area (Å²) in [4.78, 5) is 16.9. The molecule has 0 atom stereocenters. The number of anilines is 1. The number of amides is 1. The molecule has 6 nitrogen and oxygen atoms in total. The topological polar surface area (TPSA) is 69.0 Å². The van der Waals surface area contributed by atoms with E-state index in [1.54, 1.807) is 4.68 Å². The monoisotopic (exact) mass is 346 g/mol. The van der Waals surface area contributed by atoms with Gasteiger partial charge in [0.2, 0.25) is 0 Å². The number of pyridine rings is 1. The third kappa shape index (κ3) is 3.09. The molecule has 0 saturated heterocycles. The average Bonchev–Trinajstić information content (AvgIpc) is 2.94. The van der Waals surface area contributed by atoms with Gasteiger partial charge in [-0.05, 0) is 36.8 Å². The second-order valence-electron chi connectivity index (χ2n) is 6.18. The highest BCUT2D eigenvalue weighted by atomic mass is 16.5. The molecule has 26 heavy (non-hydrogen) atoms. The lowest BCUT2D eigenvalue weighted by molar-refractivity contribution is -0.118. The number of fused-ring (bicyclic) bond motifs is 2. The summed E-state index contributed by atoms with van der Waals surface area (Å²) in [6.07, 6.45) is 0. The first-order valence-electron chi connectivity index (χ1n) is 8.32. The summed E-state index contributed by atoms with van der Waals surface area (Å²) in [5.74, 6) is 0.869. The first kappa shape index (κ1) is 16.1. The Hall–Kier alpha value is -3.41. The van der Waals surface area contributed by atoms with Gasteiger partial charge in [0.1, 0.15) is 5.75 Å². The molecule has 0 aliphatic rings. The standard InChI is InChI=1S/C20H18N4O2/c1-13-8-9-14-11-16-19(23-24(2)20(16)21-17(14)10-13)22-18(25)12-26-15-6-4-3-5-7-15/h3-11H,12H2,1-2H3,(H,22,23,25). The van der Waals surface area contributed by atoms with E-state index in [1.807, 2.05) is 68.6 Å². The van der Waals surface area contributed by atoms with Crippen molar-refractivity contribution in [3.8, 4) is 5.75 Å². The Morgan fingerprint density at radius 1 is 1.15 bits per heavy atom. The van der Waals surface area contributed by atoms with Crippen molar-refractivity contribution in [1.29, 1.82) is 0 Å². The molecule has 6 heteroatoms. The van der Waals surface area contributed by atoms with E-state index in [0.29, 0.717) is 11.6 Å². The maximum atomic E-state index is 12.2. The highest BCUT2D eigenvalue weighted by Crippen LogP contribution is 2.25. The van der Waals surface area contributed by atoms with Crippen molar-refractivity contribution in [2.45, 2.75) is 6.92 Å². The van der Waals surface area contributed by atoms with Gasteiger partial charge in [-0.25, -0.2) is 9.67 Å². The minimum Gasteiger partial charge on any atom is -0.484 e. The van der Waals surface area contributed by atoms with Gasteiger partial charge in [-0.3, -0.25) is 4.79 Å². The Morgan fingerprint density at radius 3 is 2.77 bits per heavy atom. The number of nitrogens with zero attached hydrogens (tertiary/aromatic N) is 3. The van der Waals surface area contributed by atoms with Gasteiger partial charge >= 0.3 is 0 Å². The van der Waals surface area contributed by atoms with Gasteiger partial charge in [-0.15, -0.1) is 0 Å². The average molecular weight is 346 g/mol. The van der Waals surface area contributed by atoms with E-state index in [1.165, 1.54) is 0 Å². The fraction of sp³-hybridized carbons (Fsp3) is 0.150. The molecule has 2 aromatic carbocycles. The smallest absolute Gasteiger partial charge is 0.263 e. The third-order valence-electron chi connectivity index (χ3n) is 4.14. The molecule has 4 aromatic rings. The fourth-order valence-corrected chi connectivity index (χ4v) is 2.87. The molecule has 0 spiro atoms. The largest absolute Gasteiger partial charge is 0.484 e. The Labute approximate surface area is 150 Å². The number of aryl methyl sites for hydroxylation is 2. The summed E-state index contributed by atoms with van der Waals surface area (Å²) < 4.78 is 7.15. The van der Waals surface area contributed by atoms with Gasteiger partial charge in [0, 0.05) is 12.4 Å². The molecule has 2 aromatic heterocycles. The van der Waals surface area contributed by atoms with Gasteiger partial charge in [0.25, 0.3) is 5.91 Å². The van der Waals surface area contributed by atoms with Crippen molar-refractivity contribution < 1.29 is 9.53 Å². The molecule has 1 N–H and O–H groups in total. The van der Waals surface area contributed by atoms with E-state index in [9.17, 15) is 4.79 Å². The lowest BCUT2D eigenvalue weighted by Crippen LogP contribution is -2.20. The molecule has 0 aliphatic carbocycles. The van der Waals surface area contributed by atoms with Crippen molar-refractivity contribution in [2.75, 3.05) is 11.9 Å². The summed E-state index contributed by atoms with van der Waals surface area (Å²) in [7, 11) is 1.81. The molecule has 4 rings (SSSR count). The molecule has 0 saturated carbocycles. The zero-order valence-corrected chi connectivity index (χ0v) is 14.6. The van der Waals surface area contributed by atoms with Crippen LogP contribution in [0.1, 0.15) is 5.56 Å². The van der Waals surface area contributed by atoms with E-state index >= 15 is 0 Å². The normalized spacial score (nSPS) is 11.0. The Bertz CT molecular complexity index is 1100. The van der Waals surface area contributed by atoms with E-state index in [-0.39, 0.29) is 12.5 Å². The van der Waals surface area contributed by atoms with Crippen LogP contribution in [0.25, 0.3) is 21.9 Å². The SMILES string of the molecule is Cc1ccc2cc3c(NC(=O)COc4ccccc4)nn(C)c3nc2c1. The maximum absolute atomic E-state index is 12.2. The molecule has 0 aliphatic heterocycles. The highest BCUT2D eigenvalue weighted by molar-refractivity contribution is 6.03. The molecule has 0 unspecified atom stereocenters. The number of carbonyl (C=O) groups is 1. The van der Waals surface area contributed by atoms with E-state index < -0.39 is 0 Å². The van der Waals surface area contributed by atoms with Gasteiger partial charge in [0.15, 0.2) is 18.1 Å². The number of hydrogen-bond acceptors (Lipinski definition) is 4. The second kappa shape index (κ2) is 6.48. The van der Waals surface area contributed by atoms with Crippen LogP contribution in [0.4, 0.5) is 5.82 Å². The predicted molar refractivity (Wildman–Crippen MR) is 101 cm³/mol. The number of carbonyl (C=O) groups excluding carboxylic acids is 1. The zero-order chi connectivity index (χ0) is 18.1. The van der Waals surface area contributed by atoms with E-state index in [0.717, 1.165) is 27.5 Å². The fourth-order valence-electron chi connectivity index (χ4n) is 2.87. The quantitative estimate of drug-likeness (QED) is 0.614. The highest BCUT2D eigenvalue weighted by Gasteiger charge is 2.14. The molecule has 1 amide bonds. The number of aromatic nitrogens is 3. The molecular formula is C20H18N4O2. The molecule has 0 bridgehead atoms. The number of rotatable bonds is 4. The Balaban J connectivity index is 1.60. The lowest BCUT2D eigenvalue weighted by Gasteiger charge is -2.06. The van der Waals surface area contributed by atoms with Crippen molar-refractivity contribution in [3.05, 3.63) is 60.2 Å². The lowest BCUT2D eigenvalue weighted by atomic mass is 10.1. The van der Waals surface area contributed by atoms with Crippen LogP contribution >= 0.6 is 0 Å². The van der Waals surface area contributed by atoms with Crippen LogP contribution in [0.2, 0.25) is 0 Å². The summed E-state index contributed by atoms with van der Waals surface area (Å²) in [5, 5.41) is 9.02. The maximum Gasteiger partial charge on any atom is 0.263 e. The molecular weight excluding hydrogens is 328 g/mol. The van der Waals surface area contributed by atoms with Gasteiger partial charge in [-0.2, -0.15) is 5.10 Å². The molecule has 2 heterocycles. The van der Waals surface area contributed by atoms with Crippen molar-refractivity contribution in [1.82, 2.24) is 14.8 Å². The van der Waals surface area contributed by atoms with Gasteiger partial charge < -0.3 is 10.1 Å². The van der Waals surface area contributed by atoms with Crippen LogP contribution in [0, 0.1) is 6.92 Å². The molecule has 0 radical (unpaired) electrons. The van der Waals surface area contributed by atoms with Gasteiger partial charge in [-0.1, -0.05) is 30.3 Å². The first-order chi connectivity index (χ1) is 12.6. The third-order valence-corrected chi connectivity index (χ3v) is 4.14. The van der Waals surface area contributed by atoms with E-state index in [4.69, 9.17) is 4.74 Å². The van der Waals surface area contributed by atoms with Crippen molar-refractivity contribution >= 4 is 33.7 Å². The van der Waals surface area contributed by atoms with Crippen molar-refractivity contribution in [2.24, 2.45) is 7.05 Å². The molecule has 0 fully saturated rings. The van der Waals surface area contributed by atoms with Crippen LogP contribution in [0.5, 0.6) is 5.75 Å². The summed E-state index contributed by atoms with van der Waals surface area (Å²) in [6, 6.07) is 17.3. The number of benzene rings is 2. The van der Waals surface area contributed by atoms with Crippen molar-refractivity contribution in [3.63, 3.8) is 0 Å². The minimum atomic E-state index is -0.266. The van der Waals surface area contributed by atoms with E-state index in [2.05, 4.69) is 15.4 Å². The van der Waals surface area contributed by atoms with Crippen LogP contribution in [0.15, 0.2) is 54.6 Å². The summed E-state index contributed by atoms with van der Waals surface area (Å²) >= 11 is 0.